The van der Waals surface area contributed by atoms with Gasteiger partial charge in [0.15, 0.2) is 0 Å². The number of thiazole rings is 1. The van der Waals surface area contributed by atoms with E-state index in [1.165, 1.54) is 37.7 Å². The molecule has 0 amide bonds. The van der Waals surface area contributed by atoms with Crippen LogP contribution in [0.15, 0.2) is 35.8 Å². The first kappa shape index (κ1) is 21.2. The van der Waals surface area contributed by atoms with Gasteiger partial charge in [0, 0.05) is 30.7 Å². The highest BCUT2D eigenvalue weighted by molar-refractivity contribution is 7.09. The maximum Gasteiger partial charge on any atom is 0.119 e. The fourth-order valence-electron chi connectivity index (χ4n) is 3.91. The average molecular weight is 404 g/mol. The largest absolute Gasteiger partial charge is 0.491 e. The first-order chi connectivity index (χ1) is 13.6. The van der Waals surface area contributed by atoms with Crippen LogP contribution in [0, 0.1) is 0 Å². The van der Waals surface area contributed by atoms with Gasteiger partial charge >= 0.3 is 0 Å². The Morgan fingerprint density at radius 1 is 1.21 bits per heavy atom. The minimum atomic E-state index is -0.469. The van der Waals surface area contributed by atoms with Crippen LogP contribution in [0.2, 0.25) is 0 Å². The van der Waals surface area contributed by atoms with Crippen molar-refractivity contribution in [2.45, 2.75) is 57.3 Å². The summed E-state index contributed by atoms with van der Waals surface area (Å²) in [5.41, 5.74) is 1.20. The van der Waals surface area contributed by atoms with Crippen LogP contribution in [0.4, 0.5) is 0 Å². The molecule has 1 aromatic carbocycles. The van der Waals surface area contributed by atoms with E-state index in [0.717, 1.165) is 23.8 Å². The highest BCUT2D eigenvalue weighted by Crippen LogP contribution is 2.22. The standard InChI is InChI=1S/C22H33N3O2S/c1-24(16-22-23-11-12-28-22)14-18-7-6-10-21(13-18)27-17-20(26)15-25(2)19-8-4-3-5-9-19/h6-7,10-13,19-20,26H,3-5,8-9,14-17H2,1-2H3/t20-/m0/s1. The molecule has 28 heavy (non-hydrogen) atoms. The molecular weight excluding hydrogens is 370 g/mol. The van der Waals surface area contributed by atoms with Crippen LogP contribution in [0.1, 0.15) is 42.7 Å². The summed E-state index contributed by atoms with van der Waals surface area (Å²) in [7, 11) is 4.22. The number of benzene rings is 1. The lowest BCUT2D eigenvalue weighted by Gasteiger charge is -2.32. The van der Waals surface area contributed by atoms with Crippen LogP contribution in [0.25, 0.3) is 0 Å². The van der Waals surface area contributed by atoms with Crippen LogP contribution in [-0.2, 0) is 13.1 Å². The molecule has 0 radical (unpaired) electrons. The highest BCUT2D eigenvalue weighted by Gasteiger charge is 2.20. The normalized spacial score (nSPS) is 16.6. The van der Waals surface area contributed by atoms with Gasteiger partial charge in [0.25, 0.3) is 0 Å². The Kier molecular flexibility index (Phi) is 8.27. The Morgan fingerprint density at radius 2 is 2.04 bits per heavy atom. The topological polar surface area (TPSA) is 48.8 Å². The van der Waals surface area contributed by atoms with Gasteiger partial charge in [0.1, 0.15) is 23.5 Å². The summed E-state index contributed by atoms with van der Waals surface area (Å²) in [6.07, 6.45) is 7.85. The lowest BCUT2D eigenvalue weighted by Crippen LogP contribution is -2.40. The molecule has 154 valence electrons. The number of nitrogens with zero attached hydrogens (tertiary/aromatic N) is 3. The number of rotatable bonds is 10. The molecule has 0 unspecified atom stereocenters. The smallest absolute Gasteiger partial charge is 0.119 e. The van der Waals surface area contributed by atoms with Gasteiger partial charge < -0.3 is 14.7 Å². The molecule has 1 atom stereocenters. The SMILES string of the molecule is CN(Cc1cccc(OC[C@@H](O)CN(C)C2CCCCC2)c1)Cc1nccs1. The van der Waals surface area contributed by atoms with Crippen LogP contribution >= 0.6 is 11.3 Å². The van der Waals surface area contributed by atoms with Gasteiger partial charge in [0.2, 0.25) is 0 Å². The van der Waals surface area contributed by atoms with E-state index in [1.807, 2.05) is 23.7 Å². The molecule has 0 saturated heterocycles. The summed E-state index contributed by atoms with van der Waals surface area (Å²) in [6, 6.07) is 8.76. The number of aromatic nitrogens is 1. The fourth-order valence-corrected chi connectivity index (χ4v) is 4.61. The predicted molar refractivity (Wildman–Crippen MR) is 115 cm³/mol. The third kappa shape index (κ3) is 6.85. The molecule has 1 saturated carbocycles. The minimum absolute atomic E-state index is 0.329. The van der Waals surface area contributed by atoms with E-state index in [1.54, 1.807) is 11.3 Å². The molecule has 1 fully saturated rings. The van der Waals surface area contributed by atoms with Gasteiger partial charge in [-0.15, -0.1) is 11.3 Å². The Balaban J connectivity index is 1.43. The predicted octanol–water partition coefficient (Wildman–Crippen LogP) is 3.78. The molecule has 1 aliphatic rings. The zero-order valence-electron chi connectivity index (χ0n) is 17.1. The zero-order valence-corrected chi connectivity index (χ0v) is 17.9. The van der Waals surface area contributed by atoms with Gasteiger partial charge in [0.05, 0.1) is 6.54 Å². The first-order valence-corrected chi connectivity index (χ1v) is 11.1. The van der Waals surface area contributed by atoms with Crippen molar-refractivity contribution in [2.24, 2.45) is 0 Å². The molecule has 0 bridgehead atoms. The second-order valence-electron chi connectivity index (χ2n) is 7.94. The molecule has 0 aliphatic heterocycles. The summed E-state index contributed by atoms with van der Waals surface area (Å²) < 4.78 is 5.88. The van der Waals surface area contributed by atoms with Crippen molar-refractivity contribution in [3.8, 4) is 5.75 Å². The van der Waals surface area contributed by atoms with Crippen molar-refractivity contribution in [2.75, 3.05) is 27.2 Å². The van der Waals surface area contributed by atoms with Crippen molar-refractivity contribution in [1.29, 1.82) is 0 Å². The number of likely N-dealkylation sites (N-methyl/N-ethyl adjacent to an activating group) is 1. The van der Waals surface area contributed by atoms with E-state index in [9.17, 15) is 5.11 Å². The lowest BCUT2D eigenvalue weighted by atomic mass is 9.94. The van der Waals surface area contributed by atoms with Gasteiger partial charge in [-0.2, -0.15) is 0 Å². The van der Waals surface area contributed by atoms with Crippen molar-refractivity contribution >= 4 is 11.3 Å². The van der Waals surface area contributed by atoms with Crippen LogP contribution in [-0.4, -0.2) is 59.3 Å². The molecule has 0 spiro atoms. The Hall–Kier alpha value is -1.47. The third-order valence-electron chi connectivity index (χ3n) is 5.38. The average Bonchev–Trinajstić information content (AvgIpc) is 3.20. The molecule has 2 aromatic rings. The Morgan fingerprint density at radius 3 is 2.79 bits per heavy atom. The van der Waals surface area contributed by atoms with Gasteiger partial charge in [-0.1, -0.05) is 31.4 Å². The first-order valence-electron chi connectivity index (χ1n) is 10.3. The number of aliphatic hydroxyl groups is 1. The van der Waals surface area contributed by atoms with E-state index in [-0.39, 0.29) is 0 Å². The van der Waals surface area contributed by atoms with E-state index in [2.05, 4.69) is 41.0 Å². The molecule has 1 aromatic heterocycles. The highest BCUT2D eigenvalue weighted by atomic mass is 32.1. The van der Waals surface area contributed by atoms with Crippen LogP contribution in [0.3, 0.4) is 0 Å². The summed E-state index contributed by atoms with van der Waals surface area (Å²) in [6.45, 7) is 2.68. The summed E-state index contributed by atoms with van der Waals surface area (Å²) in [5, 5.41) is 13.5. The van der Waals surface area contributed by atoms with Gasteiger partial charge in [-0.3, -0.25) is 4.90 Å². The molecule has 3 rings (SSSR count). The van der Waals surface area contributed by atoms with Crippen molar-refractivity contribution in [3.05, 3.63) is 46.4 Å². The third-order valence-corrected chi connectivity index (χ3v) is 6.14. The Labute approximate surface area is 173 Å². The number of aliphatic hydroxyl groups excluding tert-OH is 1. The molecule has 1 aliphatic carbocycles. The summed E-state index contributed by atoms with van der Waals surface area (Å²) in [5.74, 6) is 0.819. The van der Waals surface area contributed by atoms with E-state index in [4.69, 9.17) is 4.74 Å². The molecule has 1 N–H and O–H groups in total. The molecule has 1 heterocycles. The second kappa shape index (κ2) is 10.9. The van der Waals surface area contributed by atoms with Crippen molar-refractivity contribution < 1.29 is 9.84 Å². The minimum Gasteiger partial charge on any atom is -0.491 e. The number of ether oxygens (including phenoxy) is 1. The molecule has 6 heteroatoms. The number of hydrogen-bond donors (Lipinski definition) is 1. The van der Waals surface area contributed by atoms with Gasteiger partial charge in [-0.25, -0.2) is 4.98 Å². The van der Waals surface area contributed by atoms with Crippen molar-refractivity contribution in [3.63, 3.8) is 0 Å². The maximum absolute atomic E-state index is 10.4. The summed E-state index contributed by atoms with van der Waals surface area (Å²) in [4.78, 5) is 8.89. The summed E-state index contributed by atoms with van der Waals surface area (Å²) >= 11 is 1.68. The van der Waals surface area contributed by atoms with Gasteiger partial charge in [-0.05, 0) is 44.6 Å². The molecular formula is C22H33N3O2S. The van der Waals surface area contributed by atoms with Crippen molar-refractivity contribution in [1.82, 2.24) is 14.8 Å². The lowest BCUT2D eigenvalue weighted by molar-refractivity contribution is 0.0561. The van der Waals surface area contributed by atoms with E-state index < -0.39 is 6.10 Å². The molecule has 5 nitrogen and oxygen atoms in total. The van der Waals surface area contributed by atoms with Crippen LogP contribution < -0.4 is 4.74 Å². The Bertz CT molecular complexity index is 689. The van der Waals surface area contributed by atoms with E-state index in [0.29, 0.717) is 19.2 Å². The fraction of sp³-hybridized carbons (Fsp3) is 0.591. The zero-order chi connectivity index (χ0) is 19.8. The quantitative estimate of drug-likeness (QED) is 0.654. The maximum atomic E-state index is 10.4. The monoisotopic (exact) mass is 403 g/mol. The second-order valence-corrected chi connectivity index (χ2v) is 8.92. The van der Waals surface area contributed by atoms with E-state index >= 15 is 0 Å². The number of hydrogen-bond acceptors (Lipinski definition) is 6. The van der Waals surface area contributed by atoms with Crippen LogP contribution in [0.5, 0.6) is 5.75 Å².